The van der Waals surface area contributed by atoms with Gasteiger partial charge >= 0.3 is 11.9 Å². The van der Waals surface area contributed by atoms with Gasteiger partial charge in [-0.25, -0.2) is 18.6 Å². The topological polar surface area (TPSA) is 110 Å². The molecule has 0 saturated heterocycles. The van der Waals surface area contributed by atoms with Crippen LogP contribution in [0.25, 0.3) is 22.2 Å². The Hall–Kier alpha value is -3.94. The second-order valence-corrected chi connectivity index (χ2v) is 7.91. The largest absolute Gasteiger partial charge is 0.422 e. The Balaban J connectivity index is 1.57. The molecule has 1 amide bonds. The van der Waals surface area contributed by atoms with E-state index in [4.69, 9.17) is 0 Å². The number of hydrogen-bond donors (Lipinski definition) is 2. The van der Waals surface area contributed by atoms with Crippen molar-refractivity contribution in [2.24, 2.45) is 7.05 Å². The summed E-state index contributed by atoms with van der Waals surface area (Å²) in [4.78, 5) is 47.2. The van der Waals surface area contributed by atoms with Gasteiger partial charge in [0.1, 0.15) is 17.2 Å². The number of fused-ring (bicyclic) bond motifs is 1. The van der Waals surface area contributed by atoms with E-state index in [1.54, 1.807) is 0 Å². The monoisotopic (exact) mass is 497 g/mol. The average Bonchev–Trinajstić information content (AvgIpc) is 3.18. The Kier molecular flexibility index (Phi) is 5.77. The highest BCUT2D eigenvalue weighted by atomic mass is 32.1. The molecule has 14 heteroatoms. The van der Waals surface area contributed by atoms with Crippen molar-refractivity contribution in [2.75, 3.05) is 5.32 Å². The lowest BCUT2D eigenvalue weighted by Gasteiger charge is -2.10. The third kappa shape index (κ3) is 4.31. The summed E-state index contributed by atoms with van der Waals surface area (Å²) in [5.41, 5.74) is -3.29. The quantitative estimate of drug-likeness (QED) is 0.421. The number of anilines is 1. The number of H-pyrrole nitrogens is 1. The summed E-state index contributed by atoms with van der Waals surface area (Å²) in [7, 11) is 1.27. The fraction of sp³-hybridized carbons (Fsp3) is 0.150. The second kappa shape index (κ2) is 8.44. The van der Waals surface area contributed by atoms with Crippen LogP contribution in [0, 0.1) is 11.6 Å². The number of carbonyl (C=O) groups is 1. The zero-order valence-corrected chi connectivity index (χ0v) is 17.8. The van der Waals surface area contributed by atoms with E-state index in [1.807, 2.05) is 0 Å². The smallest absolute Gasteiger partial charge is 0.307 e. The van der Waals surface area contributed by atoms with Crippen molar-refractivity contribution in [1.82, 2.24) is 19.5 Å². The molecule has 2 N–H and O–H groups in total. The number of hydrogen-bond acceptors (Lipinski definition) is 6. The number of aromatic nitrogens is 4. The van der Waals surface area contributed by atoms with Crippen LogP contribution in [0.5, 0.6) is 0 Å². The van der Waals surface area contributed by atoms with Gasteiger partial charge in [0.2, 0.25) is 5.91 Å². The molecular weight excluding hydrogens is 485 g/mol. The Morgan fingerprint density at radius 1 is 1.21 bits per heavy atom. The van der Waals surface area contributed by atoms with Gasteiger partial charge in [0.05, 0.1) is 28.7 Å². The molecule has 0 aliphatic carbocycles. The lowest BCUT2D eigenvalue weighted by Crippen LogP contribution is -2.33. The first-order valence-corrected chi connectivity index (χ1v) is 10.2. The number of nitrogens with one attached hydrogen (secondary N) is 2. The number of carbonyl (C=O) groups excluding carboxylic acids is 1. The van der Waals surface area contributed by atoms with Gasteiger partial charge in [0, 0.05) is 24.2 Å². The van der Waals surface area contributed by atoms with Gasteiger partial charge in [-0.3, -0.25) is 19.1 Å². The Labute approximate surface area is 189 Å². The van der Waals surface area contributed by atoms with E-state index in [1.165, 1.54) is 24.7 Å². The van der Waals surface area contributed by atoms with Crippen molar-refractivity contribution >= 4 is 33.3 Å². The van der Waals surface area contributed by atoms with Crippen LogP contribution in [0.4, 0.5) is 27.1 Å². The molecular formula is C20H12F5N5O3S. The molecule has 0 unspecified atom stereocenters. The van der Waals surface area contributed by atoms with Crippen LogP contribution in [0.15, 0.2) is 39.4 Å². The van der Waals surface area contributed by atoms with Gasteiger partial charge in [-0.1, -0.05) is 0 Å². The van der Waals surface area contributed by atoms with Crippen LogP contribution in [-0.4, -0.2) is 25.4 Å². The predicted molar refractivity (Wildman–Crippen MR) is 112 cm³/mol. The number of nitrogens with zero attached hydrogens (tertiary/aromatic N) is 3. The van der Waals surface area contributed by atoms with Crippen molar-refractivity contribution in [2.45, 2.75) is 12.6 Å². The maximum absolute atomic E-state index is 13.9. The molecule has 0 bridgehead atoms. The molecule has 34 heavy (non-hydrogen) atoms. The van der Waals surface area contributed by atoms with Crippen LogP contribution < -0.4 is 16.6 Å². The fourth-order valence-corrected chi connectivity index (χ4v) is 3.95. The molecule has 0 spiro atoms. The van der Waals surface area contributed by atoms with E-state index < -0.39 is 40.5 Å². The van der Waals surface area contributed by atoms with E-state index in [2.05, 4.69) is 20.3 Å². The minimum Gasteiger partial charge on any atom is -0.307 e. The maximum atomic E-state index is 13.9. The minimum absolute atomic E-state index is 0.00209. The number of thiazole rings is 1. The van der Waals surface area contributed by atoms with E-state index in [0.717, 1.165) is 15.9 Å². The van der Waals surface area contributed by atoms with Crippen LogP contribution in [0.1, 0.15) is 11.3 Å². The highest BCUT2D eigenvalue weighted by Crippen LogP contribution is 2.36. The SMILES string of the molecule is Cn1c(=O)[nH]c2ccnc(CC(=O)Nc3nc(-c4cc(F)c(C(F)(F)F)c(F)c4)cs3)c2c1=O. The highest BCUT2D eigenvalue weighted by molar-refractivity contribution is 7.14. The summed E-state index contributed by atoms with van der Waals surface area (Å²) in [6.45, 7) is 0. The van der Waals surface area contributed by atoms with Gasteiger partial charge in [-0.2, -0.15) is 13.2 Å². The first kappa shape index (κ1) is 23.2. The predicted octanol–water partition coefficient (Wildman–Crippen LogP) is 3.22. The number of amides is 1. The number of benzene rings is 1. The van der Waals surface area contributed by atoms with Crippen molar-refractivity contribution < 1.29 is 26.7 Å². The normalized spacial score (nSPS) is 11.7. The van der Waals surface area contributed by atoms with Crippen LogP contribution in [-0.2, 0) is 24.4 Å². The van der Waals surface area contributed by atoms with E-state index in [-0.39, 0.29) is 39.4 Å². The van der Waals surface area contributed by atoms with Gasteiger partial charge < -0.3 is 10.3 Å². The third-order valence-electron chi connectivity index (χ3n) is 4.79. The van der Waals surface area contributed by atoms with Crippen molar-refractivity contribution in [3.05, 3.63) is 73.5 Å². The second-order valence-electron chi connectivity index (χ2n) is 7.05. The Morgan fingerprint density at radius 2 is 1.88 bits per heavy atom. The summed E-state index contributed by atoms with van der Waals surface area (Å²) < 4.78 is 66.8. The molecule has 0 atom stereocenters. The van der Waals surface area contributed by atoms with Crippen LogP contribution >= 0.6 is 11.3 Å². The van der Waals surface area contributed by atoms with Crippen molar-refractivity contribution in [3.8, 4) is 11.3 Å². The zero-order valence-electron chi connectivity index (χ0n) is 17.0. The highest BCUT2D eigenvalue weighted by Gasteiger charge is 2.38. The number of pyridine rings is 1. The Bertz CT molecular complexity index is 1530. The average molecular weight is 497 g/mol. The van der Waals surface area contributed by atoms with Crippen molar-refractivity contribution in [1.29, 1.82) is 0 Å². The number of aromatic amines is 1. The molecule has 0 aliphatic rings. The van der Waals surface area contributed by atoms with Gasteiger partial charge in [-0.05, 0) is 18.2 Å². The van der Waals surface area contributed by atoms with E-state index in [0.29, 0.717) is 12.1 Å². The standard InChI is InChI=1S/C20H12F5N5O3S/c1-30-17(32)15-11(28-19(30)33)2-3-26-12(15)6-14(31)29-18-27-13(7-34-18)8-4-9(21)16(10(22)5-8)20(23,24)25/h2-5,7H,6H2,1H3,(H,28,33)(H,27,29,31). The molecule has 0 saturated carbocycles. The molecule has 4 rings (SSSR count). The molecule has 0 aliphatic heterocycles. The first-order chi connectivity index (χ1) is 16.0. The third-order valence-corrected chi connectivity index (χ3v) is 5.55. The summed E-state index contributed by atoms with van der Waals surface area (Å²) in [5.74, 6) is -4.22. The molecule has 176 valence electrons. The molecule has 3 aromatic heterocycles. The summed E-state index contributed by atoms with van der Waals surface area (Å²) in [6, 6.07) is 2.42. The number of rotatable bonds is 4. The van der Waals surface area contributed by atoms with Crippen LogP contribution in [0.2, 0.25) is 0 Å². The maximum Gasteiger partial charge on any atom is 0.422 e. The molecule has 0 radical (unpaired) electrons. The van der Waals surface area contributed by atoms with Gasteiger partial charge in [-0.15, -0.1) is 11.3 Å². The minimum atomic E-state index is -5.20. The van der Waals surface area contributed by atoms with E-state index >= 15 is 0 Å². The van der Waals surface area contributed by atoms with Crippen LogP contribution in [0.3, 0.4) is 0 Å². The van der Waals surface area contributed by atoms with Gasteiger partial charge in [0.25, 0.3) is 5.56 Å². The lowest BCUT2D eigenvalue weighted by molar-refractivity contribution is -0.142. The van der Waals surface area contributed by atoms with Crippen molar-refractivity contribution in [3.63, 3.8) is 0 Å². The zero-order chi connectivity index (χ0) is 24.8. The fourth-order valence-electron chi connectivity index (χ4n) is 3.21. The molecule has 0 fully saturated rings. The molecule has 8 nitrogen and oxygen atoms in total. The molecule has 4 aromatic rings. The number of alkyl halides is 3. The van der Waals surface area contributed by atoms with E-state index in [9.17, 15) is 36.3 Å². The summed E-state index contributed by atoms with van der Waals surface area (Å²) in [5, 5.41) is 3.79. The Morgan fingerprint density at radius 3 is 2.53 bits per heavy atom. The van der Waals surface area contributed by atoms with Gasteiger partial charge in [0.15, 0.2) is 5.13 Å². The lowest BCUT2D eigenvalue weighted by atomic mass is 10.1. The molecule has 1 aromatic carbocycles. The summed E-state index contributed by atoms with van der Waals surface area (Å²) >= 11 is 0.872. The first-order valence-electron chi connectivity index (χ1n) is 9.34. The number of halogens is 5. The summed E-state index contributed by atoms with van der Waals surface area (Å²) in [6.07, 6.45) is -4.25. The molecule has 3 heterocycles.